The molecule has 9 heteroatoms. The van der Waals surface area contributed by atoms with Gasteiger partial charge >= 0.3 is 0 Å². The number of thioether (sulfide) groups is 1. The first-order valence-electron chi connectivity index (χ1n) is 6.61. The summed E-state index contributed by atoms with van der Waals surface area (Å²) in [4.78, 5) is 34.9. The summed E-state index contributed by atoms with van der Waals surface area (Å²) in [5.74, 6) is -1.22. The van der Waals surface area contributed by atoms with Gasteiger partial charge in [0, 0.05) is 22.2 Å². The van der Waals surface area contributed by atoms with Gasteiger partial charge in [0.05, 0.1) is 9.82 Å². The number of hydrazine groups is 1. The highest BCUT2D eigenvalue weighted by atomic mass is 35.5. The average Bonchev–Trinajstić information content (AvgIpc) is 2.58. The summed E-state index contributed by atoms with van der Waals surface area (Å²) in [5.41, 5.74) is 4.60. The standard InChI is InChI=1S/C15H12ClN3O4S/c1-24-13-6-5-10(8-12(13)19(22)23)15(21)18-17-14(20)9-3-2-4-11(16)7-9/h2-8H,1H3,(H,17,20)(H,18,21). The number of nitro groups is 1. The molecule has 2 rings (SSSR count). The predicted molar refractivity (Wildman–Crippen MR) is 91.3 cm³/mol. The molecule has 124 valence electrons. The Balaban J connectivity index is 2.09. The van der Waals surface area contributed by atoms with Crippen molar-refractivity contribution in [3.05, 3.63) is 68.7 Å². The van der Waals surface area contributed by atoms with Crippen LogP contribution in [0.4, 0.5) is 5.69 Å². The molecule has 0 atom stereocenters. The van der Waals surface area contributed by atoms with Crippen LogP contribution >= 0.6 is 23.4 Å². The lowest BCUT2D eigenvalue weighted by Crippen LogP contribution is -2.41. The van der Waals surface area contributed by atoms with Crippen LogP contribution in [-0.4, -0.2) is 23.0 Å². The largest absolute Gasteiger partial charge is 0.283 e. The van der Waals surface area contributed by atoms with E-state index in [2.05, 4.69) is 10.9 Å². The fourth-order valence-electron chi connectivity index (χ4n) is 1.86. The van der Waals surface area contributed by atoms with Crippen LogP contribution in [-0.2, 0) is 0 Å². The molecule has 0 fully saturated rings. The van der Waals surface area contributed by atoms with Crippen molar-refractivity contribution in [1.82, 2.24) is 10.9 Å². The molecular weight excluding hydrogens is 354 g/mol. The molecule has 0 radical (unpaired) electrons. The van der Waals surface area contributed by atoms with E-state index in [1.54, 1.807) is 18.4 Å². The number of nitrogens with zero attached hydrogens (tertiary/aromatic N) is 1. The monoisotopic (exact) mass is 365 g/mol. The van der Waals surface area contributed by atoms with Crippen molar-refractivity contribution in [3.8, 4) is 0 Å². The van der Waals surface area contributed by atoms with E-state index in [1.807, 2.05) is 0 Å². The molecule has 0 saturated carbocycles. The molecule has 2 aromatic carbocycles. The van der Waals surface area contributed by atoms with Gasteiger partial charge in [-0.25, -0.2) is 0 Å². The summed E-state index contributed by atoms with van der Waals surface area (Å²) in [6.07, 6.45) is 1.70. The Labute approximate surface area is 146 Å². The molecule has 0 spiro atoms. The first-order valence-corrected chi connectivity index (χ1v) is 8.21. The van der Waals surface area contributed by atoms with Crippen LogP contribution in [0.25, 0.3) is 0 Å². The molecule has 0 unspecified atom stereocenters. The van der Waals surface area contributed by atoms with Crippen LogP contribution in [0.1, 0.15) is 20.7 Å². The SMILES string of the molecule is CSc1ccc(C(=O)NNC(=O)c2cccc(Cl)c2)cc1[N+](=O)[O-]. The fraction of sp³-hybridized carbons (Fsp3) is 0.0667. The molecule has 0 aliphatic carbocycles. The van der Waals surface area contributed by atoms with Crippen LogP contribution < -0.4 is 10.9 Å². The zero-order valence-corrected chi connectivity index (χ0v) is 14.0. The van der Waals surface area contributed by atoms with E-state index in [4.69, 9.17) is 11.6 Å². The second-order valence-corrected chi connectivity index (χ2v) is 5.85. The Morgan fingerprint density at radius 1 is 1.08 bits per heavy atom. The molecule has 7 nitrogen and oxygen atoms in total. The van der Waals surface area contributed by atoms with Gasteiger partial charge in [-0.3, -0.25) is 30.6 Å². The van der Waals surface area contributed by atoms with E-state index >= 15 is 0 Å². The van der Waals surface area contributed by atoms with Crippen molar-refractivity contribution in [2.24, 2.45) is 0 Å². The van der Waals surface area contributed by atoms with Crippen LogP contribution in [0.15, 0.2) is 47.4 Å². The summed E-state index contributed by atoms with van der Waals surface area (Å²) in [6, 6.07) is 10.3. The number of carbonyl (C=O) groups is 2. The van der Waals surface area contributed by atoms with Gasteiger partial charge in [-0.1, -0.05) is 17.7 Å². The molecule has 2 N–H and O–H groups in total. The van der Waals surface area contributed by atoms with Crippen molar-refractivity contribution in [3.63, 3.8) is 0 Å². The number of carbonyl (C=O) groups excluding carboxylic acids is 2. The first kappa shape index (κ1) is 17.8. The van der Waals surface area contributed by atoms with Gasteiger partial charge in [0.1, 0.15) is 0 Å². The molecule has 0 heterocycles. The minimum atomic E-state index is -0.666. The summed E-state index contributed by atoms with van der Waals surface area (Å²) < 4.78 is 0. The first-order chi connectivity index (χ1) is 11.4. The van der Waals surface area contributed by atoms with Gasteiger partial charge in [-0.05, 0) is 36.6 Å². The Hall–Kier alpha value is -2.58. The summed E-state index contributed by atoms with van der Waals surface area (Å²) in [5, 5.41) is 11.4. The van der Waals surface area contributed by atoms with Gasteiger partial charge < -0.3 is 0 Å². The van der Waals surface area contributed by atoms with E-state index in [0.717, 1.165) is 6.07 Å². The van der Waals surface area contributed by atoms with Crippen molar-refractivity contribution in [2.45, 2.75) is 4.90 Å². The van der Waals surface area contributed by atoms with Gasteiger partial charge in [-0.15, -0.1) is 11.8 Å². The summed E-state index contributed by atoms with van der Waals surface area (Å²) in [7, 11) is 0. The number of benzene rings is 2. The zero-order valence-electron chi connectivity index (χ0n) is 12.4. The number of nitrogens with one attached hydrogen (secondary N) is 2. The number of hydrogen-bond acceptors (Lipinski definition) is 5. The Morgan fingerprint density at radius 2 is 1.71 bits per heavy atom. The minimum Gasteiger partial charge on any atom is -0.267 e. The number of nitro benzene ring substituents is 1. The normalized spacial score (nSPS) is 10.1. The van der Waals surface area contributed by atoms with Crippen LogP contribution in [0, 0.1) is 10.1 Å². The number of amides is 2. The van der Waals surface area contributed by atoms with Crippen molar-refractivity contribution in [1.29, 1.82) is 0 Å². The molecule has 0 saturated heterocycles. The second kappa shape index (κ2) is 7.80. The van der Waals surface area contributed by atoms with E-state index in [1.165, 1.54) is 36.0 Å². The lowest BCUT2D eigenvalue weighted by molar-refractivity contribution is -0.387. The van der Waals surface area contributed by atoms with Gasteiger partial charge in [-0.2, -0.15) is 0 Å². The number of hydrogen-bond donors (Lipinski definition) is 2. The van der Waals surface area contributed by atoms with E-state index in [-0.39, 0.29) is 16.8 Å². The Kier molecular flexibility index (Phi) is 5.78. The zero-order chi connectivity index (χ0) is 17.7. The third kappa shape index (κ3) is 4.24. The Bertz CT molecular complexity index is 813. The third-order valence-corrected chi connectivity index (χ3v) is 4.03. The maximum atomic E-state index is 12.0. The average molecular weight is 366 g/mol. The minimum absolute atomic E-state index is 0.0610. The quantitative estimate of drug-likeness (QED) is 0.492. The van der Waals surface area contributed by atoms with E-state index < -0.39 is 16.7 Å². The van der Waals surface area contributed by atoms with Crippen molar-refractivity contribution < 1.29 is 14.5 Å². The van der Waals surface area contributed by atoms with Gasteiger partial charge in [0.2, 0.25) is 0 Å². The molecule has 0 aliphatic heterocycles. The van der Waals surface area contributed by atoms with Crippen molar-refractivity contribution in [2.75, 3.05) is 6.26 Å². The Morgan fingerprint density at radius 3 is 2.25 bits per heavy atom. The lowest BCUT2D eigenvalue weighted by Gasteiger charge is -2.08. The highest BCUT2D eigenvalue weighted by Crippen LogP contribution is 2.28. The van der Waals surface area contributed by atoms with Crippen LogP contribution in [0.3, 0.4) is 0 Å². The third-order valence-electron chi connectivity index (χ3n) is 3.01. The van der Waals surface area contributed by atoms with Crippen molar-refractivity contribution >= 4 is 40.9 Å². The van der Waals surface area contributed by atoms with E-state index in [9.17, 15) is 19.7 Å². The summed E-state index contributed by atoms with van der Waals surface area (Å²) >= 11 is 7.00. The van der Waals surface area contributed by atoms with Gasteiger partial charge in [0.25, 0.3) is 17.5 Å². The fourth-order valence-corrected chi connectivity index (χ4v) is 2.60. The molecule has 0 bridgehead atoms. The predicted octanol–water partition coefficient (Wildman–Crippen LogP) is 3.04. The smallest absolute Gasteiger partial charge is 0.267 e. The lowest BCUT2D eigenvalue weighted by atomic mass is 10.2. The maximum absolute atomic E-state index is 12.0. The molecule has 24 heavy (non-hydrogen) atoms. The second-order valence-electron chi connectivity index (χ2n) is 4.56. The van der Waals surface area contributed by atoms with Gasteiger partial charge in [0.15, 0.2) is 0 Å². The highest BCUT2D eigenvalue weighted by molar-refractivity contribution is 7.98. The molecule has 2 amide bonds. The highest BCUT2D eigenvalue weighted by Gasteiger charge is 2.17. The molecule has 2 aromatic rings. The number of rotatable bonds is 4. The van der Waals surface area contributed by atoms with E-state index in [0.29, 0.717) is 9.92 Å². The number of halogens is 1. The van der Waals surface area contributed by atoms with Crippen LogP contribution in [0.2, 0.25) is 5.02 Å². The van der Waals surface area contributed by atoms with Crippen LogP contribution in [0.5, 0.6) is 0 Å². The molecular formula is C15H12ClN3O4S. The topological polar surface area (TPSA) is 101 Å². The summed E-state index contributed by atoms with van der Waals surface area (Å²) in [6.45, 7) is 0. The molecule has 0 aliphatic rings. The maximum Gasteiger partial charge on any atom is 0.283 e. The molecule has 0 aromatic heterocycles.